The second-order valence-corrected chi connectivity index (χ2v) is 6.56. The predicted octanol–water partition coefficient (Wildman–Crippen LogP) is 2.30. The molecule has 1 saturated heterocycles. The zero-order valence-corrected chi connectivity index (χ0v) is 13.5. The maximum absolute atomic E-state index is 5.80. The Morgan fingerprint density at radius 3 is 2.86 bits per heavy atom. The average molecular weight is 318 g/mol. The third-order valence-corrected chi connectivity index (χ3v) is 5.06. The van der Waals surface area contributed by atoms with Crippen molar-refractivity contribution in [2.24, 2.45) is 11.7 Å². The van der Waals surface area contributed by atoms with Crippen LogP contribution in [0.25, 0.3) is 0 Å². The van der Waals surface area contributed by atoms with Gasteiger partial charge in [0.2, 0.25) is 0 Å². The van der Waals surface area contributed by atoms with Crippen molar-refractivity contribution in [3.63, 3.8) is 0 Å². The normalized spacial score (nSPS) is 18.5. The van der Waals surface area contributed by atoms with Crippen molar-refractivity contribution in [1.29, 1.82) is 0 Å². The molecule has 0 amide bonds. The molecule has 6 heteroatoms. The Labute approximate surface area is 135 Å². The van der Waals surface area contributed by atoms with Gasteiger partial charge in [0, 0.05) is 12.4 Å². The van der Waals surface area contributed by atoms with Gasteiger partial charge in [0.25, 0.3) is 0 Å². The smallest absolute Gasteiger partial charge is 0.191 e. The third kappa shape index (κ3) is 3.88. The van der Waals surface area contributed by atoms with E-state index in [0.29, 0.717) is 12.5 Å². The van der Waals surface area contributed by atoms with Crippen LogP contribution in [0.15, 0.2) is 35.5 Å². The van der Waals surface area contributed by atoms with E-state index in [2.05, 4.69) is 26.9 Å². The number of benzene rings is 1. The summed E-state index contributed by atoms with van der Waals surface area (Å²) in [7, 11) is 0. The summed E-state index contributed by atoms with van der Waals surface area (Å²) in [5.74, 6) is 2.48. The lowest BCUT2D eigenvalue weighted by Crippen LogP contribution is -2.19. The lowest BCUT2D eigenvalue weighted by Gasteiger charge is -2.21. The summed E-state index contributed by atoms with van der Waals surface area (Å²) >= 11 is 1.76. The number of hydrogen-bond acceptors (Lipinski definition) is 5. The maximum Gasteiger partial charge on any atom is 0.191 e. The second kappa shape index (κ2) is 7.76. The molecule has 1 aliphatic heterocycles. The average Bonchev–Trinajstić information content (AvgIpc) is 2.97. The van der Waals surface area contributed by atoms with E-state index in [9.17, 15) is 0 Å². The second-order valence-electron chi connectivity index (χ2n) is 5.57. The van der Waals surface area contributed by atoms with Gasteiger partial charge in [-0.3, -0.25) is 0 Å². The molecule has 1 aliphatic rings. The minimum absolute atomic E-state index is 0.410. The van der Waals surface area contributed by atoms with E-state index in [1.54, 1.807) is 11.8 Å². The molecule has 0 aliphatic carbocycles. The van der Waals surface area contributed by atoms with Gasteiger partial charge >= 0.3 is 0 Å². The van der Waals surface area contributed by atoms with Crippen molar-refractivity contribution < 1.29 is 4.74 Å². The first-order chi connectivity index (χ1) is 10.9. The van der Waals surface area contributed by atoms with Gasteiger partial charge in [-0.15, -0.1) is 10.2 Å². The Morgan fingerprint density at radius 2 is 2.14 bits per heavy atom. The largest absolute Gasteiger partial charge is 0.381 e. The van der Waals surface area contributed by atoms with Crippen LogP contribution in [0, 0.1) is 5.92 Å². The number of thioether (sulfide) groups is 1. The van der Waals surface area contributed by atoms with Crippen LogP contribution in [0.5, 0.6) is 0 Å². The quantitative estimate of drug-likeness (QED) is 0.828. The fourth-order valence-electron chi connectivity index (χ4n) is 2.63. The summed E-state index contributed by atoms with van der Waals surface area (Å²) < 4.78 is 7.68. The first kappa shape index (κ1) is 15.5. The van der Waals surface area contributed by atoms with Gasteiger partial charge in [-0.25, -0.2) is 0 Å². The molecule has 118 valence electrons. The standard InChI is InChI=1S/C16H22N4OS/c17-9-15-18-19-16(22-12-14-7-4-8-21-11-14)20(15)10-13-5-2-1-3-6-13/h1-3,5-6,14H,4,7-12,17H2/t14-/m1/s1. The molecule has 3 rings (SSSR count). The van der Waals surface area contributed by atoms with Crippen LogP contribution >= 0.6 is 11.8 Å². The van der Waals surface area contributed by atoms with Crippen LogP contribution in [-0.2, 0) is 17.8 Å². The first-order valence-electron chi connectivity index (χ1n) is 7.73. The topological polar surface area (TPSA) is 66.0 Å². The van der Waals surface area contributed by atoms with Crippen molar-refractivity contribution in [1.82, 2.24) is 14.8 Å². The Kier molecular flexibility index (Phi) is 5.48. The van der Waals surface area contributed by atoms with Crippen molar-refractivity contribution >= 4 is 11.8 Å². The van der Waals surface area contributed by atoms with Gasteiger partial charge < -0.3 is 15.0 Å². The number of aromatic nitrogens is 3. The predicted molar refractivity (Wildman–Crippen MR) is 87.7 cm³/mol. The number of ether oxygens (including phenoxy) is 1. The first-order valence-corrected chi connectivity index (χ1v) is 8.72. The molecule has 1 aromatic carbocycles. The fraction of sp³-hybridized carbons (Fsp3) is 0.500. The molecule has 0 radical (unpaired) electrons. The minimum Gasteiger partial charge on any atom is -0.381 e. The van der Waals surface area contributed by atoms with E-state index in [1.165, 1.54) is 12.0 Å². The van der Waals surface area contributed by atoms with E-state index in [4.69, 9.17) is 10.5 Å². The summed E-state index contributed by atoms with van der Waals surface area (Å²) in [5.41, 5.74) is 7.04. The highest BCUT2D eigenvalue weighted by Gasteiger charge is 2.17. The van der Waals surface area contributed by atoms with Crippen molar-refractivity contribution in [2.45, 2.75) is 31.1 Å². The molecular weight excluding hydrogens is 296 g/mol. The lowest BCUT2D eigenvalue weighted by atomic mass is 10.1. The van der Waals surface area contributed by atoms with Crippen LogP contribution in [0.3, 0.4) is 0 Å². The third-order valence-electron chi connectivity index (χ3n) is 3.86. The van der Waals surface area contributed by atoms with Crippen LogP contribution in [0.4, 0.5) is 0 Å². The Hall–Kier alpha value is -1.37. The molecule has 0 saturated carbocycles. The molecular formula is C16H22N4OS. The molecule has 2 N–H and O–H groups in total. The number of nitrogens with zero attached hydrogens (tertiary/aromatic N) is 3. The highest BCUT2D eigenvalue weighted by atomic mass is 32.2. The van der Waals surface area contributed by atoms with Gasteiger partial charge in [-0.2, -0.15) is 0 Å². The Balaban J connectivity index is 1.69. The van der Waals surface area contributed by atoms with Gasteiger partial charge in [0.1, 0.15) is 5.82 Å². The molecule has 5 nitrogen and oxygen atoms in total. The van der Waals surface area contributed by atoms with Gasteiger partial charge in [-0.05, 0) is 24.3 Å². The van der Waals surface area contributed by atoms with E-state index in [-0.39, 0.29) is 0 Å². The Bertz CT molecular complexity index is 581. The summed E-state index contributed by atoms with van der Waals surface area (Å²) in [6.07, 6.45) is 2.40. The molecule has 2 heterocycles. The highest BCUT2D eigenvalue weighted by Crippen LogP contribution is 2.25. The SMILES string of the molecule is NCc1nnc(SC[C@@H]2CCCOC2)n1Cc1ccccc1. The number of rotatable bonds is 6. The van der Waals surface area contributed by atoms with Gasteiger partial charge in [0.15, 0.2) is 5.16 Å². The summed E-state index contributed by atoms with van der Waals surface area (Å²) in [4.78, 5) is 0. The number of hydrogen-bond donors (Lipinski definition) is 1. The molecule has 0 bridgehead atoms. The van der Waals surface area contributed by atoms with E-state index in [0.717, 1.165) is 42.9 Å². The van der Waals surface area contributed by atoms with Crippen molar-refractivity contribution in [3.05, 3.63) is 41.7 Å². The van der Waals surface area contributed by atoms with E-state index >= 15 is 0 Å². The van der Waals surface area contributed by atoms with Crippen molar-refractivity contribution in [3.8, 4) is 0 Å². The van der Waals surface area contributed by atoms with E-state index in [1.807, 2.05) is 18.2 Å². The molecule has 2 aromatic rings. The molecule has 1 atom stereocenters. The van der Waals surface area contributed by atoms with Crippen LogP contribution in [0.1, 0.15) is 24.2 Å². The van der Waals surface area contributed by atoms with E-state index < -0.39 is 0 Å². The monoisotopic (exact) mass is 318 g/mol. The highest BCUT2D eigenvalue weighted by molar-refractivity contribution is 7.99. The molecule has 0 spiro atoms. The zero-order chi connectivity index (χ0) is 15.2. The van der Waals surface area contributed by atoms with Crippen molar-refractivity contribution in [2.75, 3.05) is 19.0 Å². The lowest BCUT2D eigenvalue weighted by molar-refractivity contribution is 0.0632. The molecule has 1 fully saturated rings. The fourth-order valence-corrected chi connectivity index (χ4v) is 3.70. The molecule has 1 aromatic heterocycles. The summed E-state index contributed by atoms with van der Waals surface area (Å²) in [5, 5.41) is 9.51. The Morgan fingerprint density at radius 1 is 1.27 bits per heavy atom. The van der Waals surface area contributed by atoms with Crippen LogP contribution in [-0.4, -0.2) is 33.7 Å². The zero-order valence-electron chi connectivity index (χ0n) is 12.6. The van der Waals surface area contributed by atoms with Gasteiger partial charge in [0.05, 0.1) is 19.7 Å². The minimum atomic E-state index is 0.410. The summed E-state index contributed by atoms with van der Waals surface area (Å²) in [6, 6.07) is 10.4. The van der Waals surface area contributed by atoms with Crippen LogP contribution < -0.4 is 5.73 Å². The van der Waals surface area contributed by atoms with Gasteiger partial charge in [-0.1, -0.05) is 42.1 Å². The summed E-state index contributed by atoms with van der Waals surface area (Å²) in [6.45, 7) is 2.95. The number of nitrogens with two attached hydrogens (primary N) is 1. The van der Waals surface area contributed by atoms with Crippen LogP contribution in [0.2, 0.25) is 0 Å². The molecule has 22 heavy (non-hydrogen) atoms. The molecule has 0 unspecified atom stereocenters. The maximum atomic E-state index is 5.80.